The zero-order valence-electron chi connectivity index (χ0n) is 21.0. The van der Waals surface area contributed by atoms with E-state index in [0.29, 0.717) is 0 Å². The Kier molecular flexibility index (Phi) is 4.97. The molecule has 0 aliphatic rings. The number of hydrogen-bond donors (Lipinski definition) is 0. The van der Waals surface area contributed by atoms with Crippen LogP contribution in [0.15, 0.2) is 121 Å². The molecule has 0 radical (unpaired) electrons. The van der Waals surface area contributed by atoms with E-state index in [1.165, 1.54) is 60.0 Å². The highest BCUT2D eigenvalue weighted by molar-refractivity contribution is 6.12. The summed E-state index contributed by atoms with van der Waals surface area (Å²) in [7, 11) is 0. The topological polar surface area (TPSA) is 9.23 Å². The molecule has 1 heteroatoms. The van der Waals surface area contributed by atoms with Gasteiger partial charge < -0.3 is 4.74 Å². The Morgan fingerprint density at radius 1 is 0.432 bits per heavy atom. The molecule has 37 heavy (non-hydrogen) atoms. The Balaban J connectivity index is 1.37. The lowest BCUT2D eigenvalue weighted by molar-refractivity contribution is 0.489. The van der Waals surface area contributed by atoms with Crippen molar-refractivity contribution in [2.24, 2.45) is 0 Å². The molecule has 0 saturated carbocycles. The first kappa shape index (κ1) is 21.6. The molecule has 0 unspecified atom stereocenters. The van der Waals surface area contributed by atoms with Crippen LogP contribution in [-0.4, -0.2) is 0 Å². The predicted octanol–water partition coefficient (Wildman–Crippen LogP) is 10.4. The van der Waals surface area contributed by atoms with Gasteiger partial charge in [0.15, 0.2) is 0 Å². The van der Waals surface area contributed by atoms with Gasteiger partial charge in [-0.05, 0) is 98.1 Å². The van der Waals surface area contributed by atoms with Gasteiger partial charge in [-0.15, -0.1) is 0 Å². The van der Waals surface area contributed by atoms with E-state index in [1.807, 2.05) is 6.07 Å². The molecule has 7 aromatic carbocycles. The summed E-state index contributed by atoms with van der Waals surface area (Å²) in [5.74, 6) is 1.74. The van der Waals surface area contributed by atoms with Crippen molar-refractivity contribution in [3.05, 3.63) is 132 Å². The summed E-state index contributed by atoms with van der Waals surface area (Å²) in [6.07, 6.45) is 0. The van der Waals surface area contributed by atoms with Crippen LogP contribution in [0.4, 0.5) is 0 Å². The summed E-state index contributed by atoms with van der Waals surface area (Å²) in [6, 6.07) is 43.1. The summed E-state index contributed by atoms with van der Waals surface area (Å²) in [5.41, 5.74) is 5.13. The predicted molar refractivity (Wildman–Crippen MR) is 158 cm³/mol. The minimum Gasteiger partial charge on any atom is -0.457 e. The van der Waals surface area contributed by atoms with E-state index in [0.717, 1.165) is 16.9 Å². The number of ether oxygens (including phenoxy) is 1. The molecule has 0 amide bonds. The first-order valence-electron chi connectivity index (χ1n) is 12.8. The van der Waals surface area contributed by atoms with Gasteiger partial charge in [0.05, 0.1) is 0 Å². The fraction of sp³-hybridized carbons (Fsp3) is 0.0556. The summed E-state index contributed by atoms with van der Waals surface area (Å²) >= 11 is 0. The molecule has 0 atom stereocenters. The second-order valence-corrected chi connectivity index (χ2v) is 9.82. The van der Waals surface area contributed by atoms with E-state index >= 15 is 0 Å². The Morgan fingerprint density at radius 2 is 1.03 bits per heavy atom. The van der Waals surface area contributed by atoms with Crippen molar-refractivity contribution < 1.29 is 4.74 Å². The van der Waals surface area contributed by atoms with Gasteiger partial charge in [0.1, 0.15) is 11.5 Å². The molecular weight excluding hydrogens is 448 g/mol. The first-order valence-corrected chi connectivity index (χ1v) is 12.8. The van der Waals surface area contributed by atoms with Crippen LogP contribution in [-0.2, 0) is 0 Å². The highest BCUT2D eigenvalue weighted by Crippen LogP contribution is 2.39. The second kappa shape index (κ2) is 8.50. The molecule has 0 fully saturated rings. The maximum absolute atomic E-state index is 6.42. The Morgan fingerprint density at radius 3 is 1.81 bits per heavy atom. The summed E-state index contributed by atoms with van der Waals surface area (Å²) in [4.78, 5) is 0. The van der Waals surface area contributed by atoms with Gasteiger partial charge in [-0.2, -0.15) is 0 Å². The van der Waals surface area contributed by atoms with Crippen LogP contribution in [0, 0.1) is 13.8 Å². The van der Waals surface area contributed by atoms with Gasteiger partial charge in [-0.25, -0.2) is 0 Å². The third kappa shape index (κ3) is 3.55. The summed E-state index contributed by atoms with van der Waals surface area (Å²) < 4.78 is 6.42. The van der Waals surface area contributed by atoms with E-state index in [-0.39, 0.29) is 0 Å². The van der Waals surface area contributed by atoms with Crippen molar-refractivity contribution in [3.63, 3.8) is 0 Å². The second-order valence-electron chi connectivity index (χ2n) is 9.82. The molecule has 7 aromatic rings. The van der Waals surface area contributed by atoms with E-state index < -0.39 is 0 Å². The lowest BCUT2D eigenvalue weighted by Crippen LogP contribution is -1.92. The van der Waals surface area contributed by atoms with E-state index in [2.05, 4.69) is 129 Å². The Hall–Kier alpha value is -4.62. The van der Waals surface area contributed by atoms with E-state index in [9.17, 15) is 0 Å². The van der Waals surface area contributed by atoms with Crippen LogP contribution in [0.25, 0.3) is 54.2 Å². The molecule has 1 nitrogen and oxygen atoms in total. The maximum atomic E-state index is 6.42. The minimum absolute atomic E-state index is 0.859. The molecule has 0 N–H and O–H groups in total. The smallest absolute Gasteiger partial charge is 0.135 e. The van der Waals surface area contributed by atoms with E-state index in [4.69, 9.17) is 4.74 Å². The van der Waals surface area contributed by atoms with Crippen LogP contribution < -0.4 is 4.74 Å². The standard InChI is InChI=1S/C36H26O/c1-23-24(2)35-22-28(37-36-16-8-12-26-10-4-6-14-31(26)36)18-20-33(35)32-19-17-27(21-34(23)32)30-15-7-11-25-9-3-5-13-29(25)30/h3-22H,1-2H3. The van der Waals surface area contributed by atoms with Crippen LogP contribution in [0.3, 0.4) is 0 Å². The van der Waals surface area contributed by atoms with Crippen molar-refractivity contribution in [1.29, 1.82) is 0 Å². The lowest BCUT2D eigenvalue weighted by atomic mass is 9.90. The van der Waals surface area contributed by atoms with Gasteiger partial charge in [-0.1, -0.05) is 97.1 Å². The molecule has 7 rings (SSSR count). The van der Waals surface area contributed by atoms with Crippen LogP contribution >= 0.6 is 0 Å². The number of aryl methyl sites for hydroxylation is 2. The van der Waals surface area contributed by atoms with Gasteiger partial charge in [-0.3, -0.25) is 0 Å². The molecule has 0 aromatic heterocycles. The third-order valence-corrected chi connectivity index (χ3v) is 7.75. The average molecular weight is 475 g/mol. The van der Waals surface area contributed by atoms with Crippen molar-refractivity contribution in [2.75, 3.05) is 0 Å². The number of benzene rings is 7. The molecule has 0 bridgehead atoms. The SMILES string of the molecule is Cc1c(C)c2cc(-c3cccc4ccccc34)ccc2c2ccc(Oc3cccc4ccccc34)cc12. The number of fused-ring (bicyclic) bond motifs is 5. The highest BCUT2D eigenvalue weighted by Gasteiger charge is 2.13. The van der Waals surface area contributed by atoms with Crippen molar-refractivity contribution >= 4 is 43.1 Å². The van der Waals surface area contributed by atoms with Gasteiger partial charge in [0, 0.05) is 5.39 Å². The fourth-order valence-corrected chi connectivity index (χ4v) is 5.68. The summed E-state index contributed by atoms with van der Waals surface area (Å²) in [6.45, 7) is 4.46. The van der Waals surface area contributed by atoms with Gasteiger partial charge in [0.2, 0.25) is 0 Å². The monoisotopic (exact) mass is 474 g/mol. The van der Waals surface area contributed by atoms with Crippen LogP contribution in [0.5, 0.6) is 11.5 Å². The minimum atomic E-state index is 0.859. The Labute approximate surface area is 216 Å². The Bertz CT molecular complexity index is 1970. The normalized spacial score (nSPS) is 11.5. The van der Waals surface area contributed by atoms with E-state index in [1.54, 1.807) is 0 Å². The highest BCUT2D eigenvalue weighted by atomic mass is 16.5. The molecule has 0 aliphatic carbocycles. The van der Waals surface area contributed by atoms with Crippen molar-refractivity contribution in [3.8, 4) is 22.6 Å². The number of rotatable bonds is 3. The number of hydrogen-bond acceptors (Lipinski definition) is 1. The maximum Gasteiger partial charge on any atom is 0.135 e. The molecule has 0 aliphatic heterocycles. The summed E-state index contributed by atoms with van der Waals surface area (Å²) in [5, 5.41) is 9.93. The molecule has 0 heterocycles. The average Bonchev–Trinajstić information content (AvgIpc) is 2.95. The zero-order valence-corrected chi connectivity index (χ0v) is 21.0. The molecular formula is C36H26O. The van der Waals surface area contributed by atoms with Crippen molar-refractivity contribution in [1.82, 2.24) is 0 Å². The quantitative estimate of drug-likeness (QED) is 0.231. The van der Waals surface area contributed by atoms with Crippen LogP contribution in [0.2, 0.25) is 0 Å². The van der Waals surface area contributed by atoms with Gasteiger partial charge >= 0.3 is 0 Å². The lowest BCUT2D eigenvalue weighted by Gasteiger charge is -2.16. The first-order chi connectivity index (χ1) is 18.2. The van der Waals surface area contributed by atoms with Gasteiger partial charge in [0.25, 0.3) is 0 Å². The van der Waals surface area contributed by atoms with Crippen molar-refractivity contribution in [2.45, 2.75) is 13.8 Å². The molecule has 176 valence electrons. The molecule has 0 saturated heterocycles. The molecule has 0 spiro atoms. The fourth-order valence-electron chi connectivity index (χ4n) is 5.68. The van der Waals surface area contributed by atoms with Crippen LogP contribution in [0.1, 0.15) is 11.1 Å². The zero-order chi connectivity index (χ0) is 24.9. The largest absolute Gasteiger partial charge is 0.457 e. The third-order valence-electron chi connectivity index (χ3n) is 7.75.